The number of oxazole rings is 1. The number of fused-ring (bicyclic) bond motifs is 1. The van der Waals surface area contributed by atoms with Crippen LogP contribution < -0.4 is 5.76 Å². The van der Waals surface area contributed by atoms with Gasteiger partial charge in [-0.05, 0) is 25.0 Å². The van der Waals surface area contributed by atoms with Gasteiger partial charge in [0.25, 0.3) is 0 Å². The second-order valence-electron chi connectivity index (χ2n) is 5.19. The second-order valence-corrected chi connectivity index (χ2v) is 7.13. The number of benzene rings is 1. The van der Waals surface area contributed by atoms with E-state index in [1.165, 1.54) is 21.0 Å². The van der Waals surface area contributed by atoms with Gasteiger partial charge >= 0.3 is 5.76 Å². The van der Waals surface area contributed by atoms with Crippen molar-refractivity contribution in [2.75, 3.05) is 13.1 Å². The number of piperidine rings is 1. The molecular formula is C13H16N2O5S. The van der Waals surface area contributed by atoms with Gasteiger partial charge in [0.15, 0.2) is 5.58 Å². The third-order valence-corrected chi connectivity index (χ3v) is 5.72. The van der Waals surface area contributed by atoms with Crippen molar-refractivity contribution in [2.45, 2.75) is 23.8 Å². The standard InChI is InChI=1S/C13H16N2O5S/c1-14-11-3-2-10(8-12(11)20-13(14)17)21(18,19)15-6-4-9(16)5-7-15/h2-3,8-9,16H,4-7H2,1H3. The first kappa shape index (κ1) is 14.3. The second kappa shape index (κ2) is 4.97. The number of aryl methyl sites for hydroxylation is 1. The Morgan fingerprint density at radius 3 is 2.62 bits per heavy atom. The highest BCUT2D eigenvalue weighted by Gasteiger charge is 2.29. The van der Waals surface area contributed by atoms with Crippen LogP contribution in [0.2, 0.25) is 0 Å². The molecule has 0 amide bonds. The molecule has 0 unspecified atom stereocenters. The molecule has 3 rings (SSSR count). The molecule has 0 spiro atoms. The van der Waals surface area contributed by atoms with Crippen LogP contribution in [-0.2, 0) is 17.1 Å². The largest absolute Gasteiger partial charge is 0.419 e. The zero-order chi connectivity index (χ0) is 15.2. The van der Waals surface area contributed by atoms with Gasteiger partial charge in [-0.25, -0.2) is 13.2 Å². The van der Waals surface area contributed by atoms with Gasteiger partial charge in [-0.3, -0.25) is 4.57 Å². The van der Waals surface area contributed by atoms with E-state index in [9.17, 15) is 18.3 Å². The summed E-state index contributed by atoms with van der Waals surface area (Å²) in [7, 11) is -2.07. The summed E-state index contributed by atoms with van der Waals surface area (Å²) in [6.45, 7) is 0.584. The van der Waals surface area contributed by atoms with Gasteiger partial charge in [-0.15, -0.1) is 0 Å². The minimum Gasteiger partial charge on any atom is -0.408 e. The van der Waals surface area contributed by atoms with E-state index in [0.29, 0.717) is 31.4 Å². The Labute approximate surface area is 121 Å². The van der Waals surface area contributed by atoms with Crippen molar-refractivity contribution in [3.63, 3.8) is 0 Å². The predicted octanol–water partition coefficient (Wildman–Crippen LogP) is 0.277. The molecule has 114 valence electrons. The maximum absolute atomic E-state index is 12.5. The summed E-state index contributed by atoms with van der Waals surface area (Å²) in [5.41, 5.74) is 0.800. The molecule has 1 aliphatic heterocycles. The number of hydrogen-bond donors (Lipinski definition) is 1. The Kier molecular flexibility index (Phi) is 3.39. The van der Waals surface area contributed by atoms with E-state index < -0.39 is 21.9 Å². The van der Waals surface area contributed by atoms with Crippen LogP contribution in [0.1, 0.15) is 12.8 Å². The number of nitrogens with zero attached hydrogens (tertiary/aromatic N) is 2. The average molecular weight is 312 g/mol. The monoisotopic (exact) mass is 312 g/mol. The maximum Gasteiger partial charge on any atom is 0.419 e. The van der Waals surface area contributed by atoms with Crippen LogP contribution in [0.15, 0.2) is 32.3 Å². The van der Waals surface area contributed by atoms with Crippen LogP contribution in [0.3, 0.4) is 0 Å². The van der Waals surface area contributed by atoms with Crippen molar-refractivity contribution in [1.82, 2.24) is 8.87 Å². The summed E-state index contributed by atoms with van der Waals surface area (Å²) in [6.07, 6.45) is 0.426. The SMILES string of the molecule is Cn1c(=O)oc2cc(S(=O)(=O)N3CCC(O)CC3)ccc21. The van der Waals surface area contributed by atoms with Crippen molar-refractivity contribution in [2.24, 2.45) is 7.05 Å². The fourth-order valence-corrected chi connectivity index (χ4v) is 3.99. The van der Waals surface area contributed by atoms with Gasteiger partial charge in [0.2, 0.25) is 10.0 Å². The summed E-state index contributed by atoms with van der Waals surface area (Å²) in [4.78, 5) is 11.5. The maximum atomic E-state index is 12.5. The van der Waals surface area contributed by atoms with Crippen LogP contribution in [-0.4, -0.2) is 41.6 Å². The van der Waals surface area contributed by atoms with Crippen molar-refractivity contribution in [1.29, 1.82) is 0 Å². The fraction of sp³-hybridized carbons (Fsp3) is 0.462. The van der Waals surface area contributed by atoms with Crippen LogP contribution in [0.4, 0.5) is 0 Å². The van der Waals surface area contributed by atoms with Gasteiger partial charge in [-0.2, -0.15) is 4.31 Å². The minimum absolute atomic E-state index is 0.0979. The van der Waals surface area contributed by atoms with E-state index in [0.717, 1.165) is 0 Å². The zero-order valence-electron chi connectivity index (χ0n) is 11.5. The third kappa shape index (κ3) is 2.39. The molecule has 2 heterocycles. The first-order chi connectivity index (χ1) is 9.89. The fourth-order valence-electron chi connectivity index (χ4n) is 2.51. The van der Waals surface area contributed by atoms with Gasteiger partial charge in [0.1, 0.15) is 0 Å². The molecule has 1 aliphatic rings. The first-order valence-electron chi connectivity index (χ1n) is 6.67. The molecule has 21 heavy (non-hydrogen) atoms. The van der Waals surface area contributed by atoms with Crippen LogP contribution in [0, 0.1) is 0 Å². The first-order valence-corrected chi connectivity index (χ1v) is 8.11. The molecule has 8 heteroatoms. The van der Waals surface area contributed by atoms with Gasteiger partial charge in [0, 0.05) is 26.2 Å². The van der Waals surface area contributed by atoms with Crippen molar-refractivity contribution in [3.05, 3.63) is 28.7 Å². The Bertz CT molecular complexity index is 828. The van der Waals surface area contributed by atoms with Crippen LogP contribution in [0.5, 0.6) is 0 Å². The summed E-state index contributed by atoms with van der Waals surface area (Å²) in [5.74, 6) is -0.527. The lowest BCUT2D eigenvalue weighted by Gasteiger charge is -2.28. The van der Waals surface area contributed by atoms with E-state index in [2.05, 4.69) is 0 Å². The molecule has 1 fully saturated rings. The molecule has 1 N–H and O–H groups in total. The van der Waals surface area contributed by atoms with E-state index >= 15 is 0 Å². The highest BCUT2D eigenvalue weighted by molar-refractivity contribution is 7.89. The Morgan fingerprint density at radius 1 is 1.29 bits per heavy atom. The molecular weight excluding hydrogens is 296 g/mol. The van der Waals surface area contributed by atoms with E-state index in [1.54, 1.807) is 13.1 Å². The Morgan fingerprint density at radius 2 is 1.95 bits per heavy atom. The van der Waals surface area contributed by atoms with E-state index in [1.807, 2.05) is 0 Å². The number of rotatable bonds is 2. The molecule has 0 atom stereocenters. The summed E-state index contributed by atoms with van der Waals surface area (Å²) in [6, 6.07) is 4.40. The van der Waals surface area contributed by atoms with Crippen molar-refractivity contribution in [3.8, 4) is 0 Å². The lowest BCUT2D eigenvalue weighted by molar-refractivity contribution is 0.113. The van der Waals surface area contributed by atoms with Crippen LogP contribution in [0.25, 0.3) is 11.1 Å². The molecule has 0 aliphatic carbocycles. The predicted molar refractivity (Wildman–Crippen MR) is 75.5 cm³/mol. The zero-order valence-corrected chi connectivity index (χ0v) is 12.3. The lowest BCUT2D eigenvalue weighted by Crippen LogP contribution is -2.39. The normalized spacial score (nSPS) is 18.4. The number of aromatic nitrogens is 1. The molecule has 1 aromatic heterocycles. The van der Waals surface area contributed by atoms with Crippen molar-refractivity contribution >= 4 is 21.1 Å². The van der Waals surface area contributed by atoms with Gasteiger partial charge in [0.05, 0.1) is 16.5 Å². The van der Waals surface area contributed by atoms with E-state index in [4.69, 9.17) is 4.42 Å². The lowest BCUT2D eigenvalue weighted by atomic mass is 10.1. The molecule has 0 bridgehead atoms. The highest BCUT2D eigenvalue weighted by atomic mass is 32.2. The van der Waals surface area contributed by atoms with Crippen molar-refractivity contribution < 1.29 is 17.9 Å². The summed E-state index contributed by atoms with van der Waals surface area (Å²) in [5, 5.41) is 9.46. The topological polar surface area (TPSA) is 92.8 Å². The summed E-state index contributed by atoms with van der Waals surface area (Å²) < 4.78 is 32.8. The number of aliphatic hydroxyl groups excluding tert-OH is 1. The molecule has 2 aromatic rings. The summed E-state index contributed by atoms with van der Waals surface area (Å²) >= 11 is 0. The van der Waals surface area contributed by atoms with E-state index in [-0.39, 0.29) is 10.5 Å². The van der Waals surface area contributed by atoms with Gasteiger partial charge in [-0.1, -0.05) is 0 Å². The average Bonchev–Trinajstić information content (AvgIpc) is 2.74. The number of aliphatic hydroxyl groups is 1. The Hall–Kier alpha value is -1.64. The number of hydrogen-bond acceptors (Lipinski definition) is 5. The minimum atomic E-state index is -3.63. The van der Waals surface area contributed by atoms with Gasteiger partial charge < -0.3 is 9.52 Å². The molecule has 1 aromatic carbocycles. The smallest absolute Gasteiger partial charge is 0.408 e. The molecule has 7 nitrogen and oxygen atoms in total. The number of sulfonamides is 1. The molecule has 0 saturated carbocycles. The third-order valence-electron chi connectivity index (χ3n) is 3.82. The Balaban J connectivity index is 2.01. The van der Waals surface area contributed by atoms with Crippen LogP contribution >= 0.6 is 0 Å². The molecule has 1 saturated heterocycles. The quantitative estimate of drug-likeness (QED) is 0.859. The molecule has 0 radical (unpaired) electrons. The highest BCUT2D eigenvalue weighted by Crippen LogP contribution is 2.23.